The average Bonchev–Trinajstić information content (AvgIpc) is 3.87. The molecule has 1 aliphatic heterocycles. The number of rotatable bonds is 3. The van der Waals surface area contributed by atoms with Crippen LogP contribution in [-0.4, -0.2) is 63.4 Å². The van der Waals surface area contributed by atoms with Gasteiger partial charge in [0.15, 0.2) is 0 Å². The van der Waals surface area contributed by atoms with Crippen LogP contribution < -0.4 is 21.7 Å². The van der Waals surface area contributed by atoms with Crippen LogP contribution >= 0.6 is 0 Å². The lowest BCUT2D eigenvalue weighted by atomic mass is 10.0. The van der Waals surface area contributed by atoms with Crippen LogP contribution in [0.4, 0.5) is 17.6 Å². The molecule has 0 atom stereocenters. The molecule has 6 aromatic rings. The number of para-hydroxylation sites is 1. The van der Waals surface area contributed by atoms with Crippen molar-refractivity contribution in [3.63, 3.8) is 0 Å². The molecule has 0 saturated heterocycles. The Balaban J connectivity index is 1.28. The van der Waals surface area contributed by atoms with Gasteiger partial charge in [0.05, 0.1) is 33.6 Å². The minimum Gasteiger partial charge on any atom is -0.386 e. The van der Waals surface area contributed by atoms with Crippen LogP contribution in [0.25, 0.3) is 22.1 Å². The Morgan fingerprint density at radius 1 is 0.865 bits per heavy atom. The van der Waals surface area contributed by atoms with Crippen molar-refractivity contribution in [2.45, 2.75) is 85.5 Å². The summed E-state index contributed by atoms with van der Waals surface area (Å²) >= 11 is 0. The molecule has 7 rings (SSSR count). The number of aryl methyl sites for hydroxylation is 6. The van der Waals surface area contributed by atoms with Crippen molar-refractivity contribution in [3.8, 4) is 0 Å². The fourth-order valence-corrected chi connectivity index (χ4v) is 7.18. The molecule has 5 N–H and O–H groups in total. The summed E-state index contributed by atoms with van der Waals surface area (Å²) < 4.78 is 7.53. The Hall–Kier alpha value is -5.99. The third-order valence-electron chi connectivity index (χ3n) is 9.74. The zero-order valence-corrected chi connectivity index (χ0v) is 30.0. The Kier molecular flexibility index (Phi) is 9.49. The van der Waals surface area contributed by atoms with Gasteiger partial charge in [-0.1, -0.05) is 12.5 Å². The molecular formula is C37H44N12O3. The Morgan fingerprint density at radius 3 is 2.35 bits per heavy atom. The van der Waals surface area contributed by atoms with Crippen LogP contribution in [0.2, 0.25) is 0 Å². The molecule has 0 bridgehead atoms. The van der Waals surface area contributed by atoms with E-state index in [-0.39, 0.29) is 11.8 Å². The highest BCUT2D eigenvalue weighted by Crippen LogP contribution is 2.29. The number of fused-ring (bicyclic) bond motifs is 8. The lowest BCUT2D eigenvalue weighted by Crippen LogP contribution is -2.21. The standard InChI is InChI=1S/C37H44N12O3/c1-5-48-32-25(23(3)45-48)12-7-6-8-19-49-30(20-22(2)44-49)34(51)42-36-40-27-21-24(33(38)50)15-16-28(27)46(36)17-9-10-18-47-29-14-11-13-26(39-4)31(29)41-37(47)43-35(32)52/h11,13-16,20-21,39H,5-10,12,17-19H2,1-4H3,(H2,38,50)(H,40,42,51)(H,41,43,52). The summed E-state index contributed by atoms with van der Waals surface area (Å²) in [5.41, 5.74) is 13.3. The van der Waals surface area contributed by atoms with Crippen molar-refractivity contribution in [3.05, 3.63) is 76.4 Å². The number of amides is 3. The van der Waals surface area contributed by atoms with Gasteiger partial charge in [0.2, 0.25) is 17.8 Å². The van der Waals surface area contributed by atoms with Gasteiger partial charge in [-0.3, -0.25) is 34.4 Å². The van der Waals surface area contributed by atoms with E-state index in [0.717, 1.165) is 58.5 Å². The molecule has 0 aliphatic carbocycles. The first-order valence-electron chi connectivity index (χ1n) is 17.9. The van der Waals surface area contributed by atoms with Gasteiger partial charge in [0.25, 0.3) is 11.8 Å². The molecule has 15 heteroatoms. The highest BCUT2D eigenvalue weighted by Gasteiger charge is 2.24. The van der Waals surface area contributed by atoms with Crippen LogP contribution in [0.1, 0.15) is 87.3 Å². The maximum absolute atomic E-state index is 14.1. The van der Waals surface area contributed by atoms with Gasteiger partial charge in [-0.2, -0.15) is 10.2 Å². The second-order valence-corrected chi connectivity index (χ2v) is 13.2. The van der Waals surface area contributed by atoms with Crippen LogP contribution in [-0.2, 0) is 32.6 Å². The Labute approximate surface area is 300 Å². The molecule has 5 heterocycles. The summed E-state index contributed by atoms with van der Waals surface area (Å²) in [5.74, 6) is -0.271. The van der Waals surface area contributed by atoms with Crippen molar-refractivity contribution in [2.24, 2.45) is 5.73 Å². The zero-order valence-electron chi connectivity index (χ0n) is 30.0. The second-order valence-electron chi connectivity index (χ2n) is 13.2. The maximum Gasteiger partial charge on any atom is 0.276 e. The number of nitrogens with one attached hydrogen (secondary N) is 3. The van der Waals surface area contributed by atoms with Crippen molar-refractivity contribution in [1.82, 2.24) is 38.7 Å². The molecule has 0 saturated carbocycles. The van der Waals surface area contributed by atoms with E-state index in [1.54, 1.807) is 33.6 Å². The van der Waals surface area contributed by atoms with Gasteiger partial charge in [-0.15, -0.1) is 0 Å². The van der Waals surface area contributed by atoms with Gasteiger partial charge in [-0.25, -0.2) is 9.97 Å². The van der Waals surface area contributed by atoms with E-state index in [2.05, 4.69) is 21.0 Å². The molecule has 0 spiro atoms. The van der Waals surface area contributed by atoms with Gasteiger partial charge in [0.1, 0.15) is 16.9 Å². The zero-order chi connectivity index (χ0) is 36.5. The number of nitrogens with zero attached hydrogens (tertiary/aromatic N) is 8. The number of nitrogens with two attached hydrogens (primary N) is 1. The molecule has 15 nitrogen and oxygen atoms in total. The van der Waals surface area contributed by atoms with E-state index in [1.807, 2.05) is 55.2 Å². The van der Waals surface area contributed by atoms with Crippen LogP contribution in [0, 0.1) is 13.8 Å². The molecule has 0 fully saturated rings. The van der Waals surface area contributed by atoms with Gasteiger partial charge < -0.3 is 20.2 Å². The topological polar surface area (TPSA) is 185 Å². The summed E-state index contributed by atoms with van der Waals surface area (Å²) in [5, 5.41) is 18.8. The van der Waals surface area contributed by atoms with E-state index in [1.165, 1.54) is 0 Å². The van der Waals surface area contributed by atoms with Crippen LogP contribution in [0.5, 0.6) is 0 Å². The molecule has 52 heavy (non-hydrogen) atoms. The Morgan fingerprint density at radius 2 is 1.60 bits per heavy atom. The summed E-state index contributed by atoms with van der Waals surface area (Å²) in [6, 6.07) is 12.8. The van der Waals surface area contributed by atoms with Gasteiger partial charge >= 0.3 is 0 Å². The first-order chi connectivity index (χ1) is 25.2. The van der Waals surface area contributed by atoms with Crippen molar-refractivity contribution >= 4 is 57.4 Å². The van der Waals surface area contributed by atoms with Crippen molar-refractivity contribution < 1.29 is 14.4 Å². The molecule has 0 radical (unpaired) electrons. The predicted octanol–water partition coefficient (Wildman–Crippen LogP) is 5.27. The average molecular weight is 705 g/mol. The molecule has 2 aromatic carbocycles. The quantitative estimate of drug-likeness (QED) is 0.192. The number of aromatic nitrogens is 8. The first kappa shape index (κ1) is 34.5. The SMILES string of the molecule is CCn1nc(C)c2c1C(=O)Nc1nc3c(NC)cccc3n1CCCCn1c(nc3cc(C(N)=O)ccc31)NC(=O)c1cc(C)nn1CCCCC2. The predicted molar refractivity (Wildman–Crippen MR) is 200 cm³/mol. The fraction of sp³-hybridized carbons (Fsp3) is 0.378. The van der Waals surface area contributed by atoms with Gasteiger partial charge in [-0.05, 0) is 89.3 Å². The number of hydrogen-bond donors (Lipinski definition) is 4. The van der Waals surface area contributed by atoms with Gasteiger partial charge in [0, 0.05) is 44.4 Å². The number of benzene rings is 2. The minimum atomic E-state index is -0.552. The monoisotopic (exact) mass is 704 g/mol. The number of carbonyl (C=O) groups excluding carboxylic acids is 3. The highest BCUT2D eigenvalue weighted by molar-refractivity contribution is 6.05. The Bertz CT molecular complexity index is 2320. The number of primary amides is 1. The third kappa shape index (κ3) is 6.49. The maximum atomic E-state index is 14.1. The van der Waals surface area contributed by atoms with Crippen LogP contribution in [0.3, 0.4) is 0 Å². The molecule has 4 aromatic heterocycles. The lowest BCUT2D eigenvalue weighted by Gasteiger charge is -2.13. The molecule has 0 unspecified atom stereocenters. The molecule has 3 amide bonds. The first-order valence-corrected chi connectivity index (χ1v) is 17.9. The van der Waals surface area contributed by atoms with Crippen molar-refractivity contribution in [2.75, 3.05) is 23.0 Å². The lowest BCUT2D eigenvalue weighted by molar-refractivity contribution is 0.0994. The smallest absolute Gasteiger partial charge is 0.276 e. The molecule has 1 aliphatic rings. The number of anilines is 3. The molecule has 270 valence electrons. The van der Waals surface area contributed by atoms with E-state index in [9.17, 15) is 14.4 Å². The normalized spacial score (nSPS) is 14.8. The number of imidazole rings is 2. The van der Waals surface area contributed by atoms with E-state index < -0.39 is 5.91 Å². The van der Waals surface area contributed by atoms with Crippen LogP contribution in [0.15, 0.2) is 42.5 Å². The summed E-state index contributed by atoms with van der Waals surface area (Å²) in [4.78, 5) is 49.6. The van der Waals surface area contributed by atoms with E-state index in [0.29, 0.717) is 79.8 Å². The summed E-state index contributed by atoms with van der Waals surface area (Å²) in [6.45, 7) is 8.01. The van der Waals surface area contributed by atoms with E-state index in [4.69, 9.17) is 20.8 Å². The molecular weight excluding hydrogens is 660 g/mol. The van der Waals surface area contributed by atoms with E-state index >= 15 is 0 Å². The number of carbonyl (C=O) groups is 3. The largest absolute Gasteiger partial charge is 0.386 e. The fourth-order valence-electron chi connectivity index (χ4n) is 7.18. The number of hydrogen-bond acceptors (Lipinski definition) is 8. The van der Waals surface area contributed by atoms with Crippen molar-refractivity contribution in [1.29, 1.82) is 0 Å². The highest BCUT2D eigenvalue weighted by atomic mass is 16.2. The third-order valence-corrected chi connectivity index (χ3v) is 9.74. The summed E-state index contributed by atoms with van der Waals surface area (Å²) in [6.07, 6.45) is 4.59. The minimum absolute atomic E-state index is 0.239. The summed E-state index contributed by atoms with van der Waals surface area (Å²) in [7, 11) is 1.85. The second kappa shape index (κ2) is 14.3.